The molecule has 136 valence electrons. The minimum Gasteiger partial charge on any atom is -0.368 e. The van der Waals surface area contributed by atoms with Crippen LogP contribution in [0, 0.1) is 10.8 Å². The van der Waals surface area contributed by atoms with Crippen molar-refractivity contribution >= 4 is 40.7 Å². The van der Waals surface area contributed by atoms with Gasteiger partial charge in [0.25, 0.3) is 0 Å². The van der Waals surface area contributed by atoms with Crippen LogP contribution in [0.15, 0.2) is 0 Å². The van der Waals surface area contributed by atoms with Gasteiger partial charge in [-0.05, 0) is 0 Å². The fourth-order valence-corrected chi connectivity index (χ4v) is 1.78. The lowest BCUT2D eigenvalue weighted by molar-refractivity contribution is -0.124. The number of rotatable bonds is 2. The number of nitrogens with zero attached hydrogens (tertiary/aromatic N) is 4. The van der Waals surface area contributed by atoms with E-state index < -0.39 is 10.8 Å². The third-order valence-electron chi connectivity index (χ3n) is 3.36. The summed E-state index contributed by atoms with van der Waals surface area (Å²) in [5.41, 5.74) is 13.4. The Morgan fingerprint density at radius 2 is 1.48 bits per heavy atom. The van der Waals surface area contributed by atoms with Crippen LogP contribution in [0.5, 0.6) is 0 Å². The molecule has 0 unspecified atom stereocenters. The Morgan fingerprint density at radius 3 is 2.00 bits per heavy atom. The van der Waals surface area contributed by atoms with E-state index in [1.807, 2.05) is 0 Å². The second-order valence-corrected chi connectivity index (χ2v) is 7.80. The van der Waals surface area contributed by atoms with Crippen molar-refractivity contribution in [2.24, 2.45) is 10.8 Å². The zero-order valence-electron chi connectivity index (χ0n) is 15.3. The molecular weight excluding hydrogens is 324 g/mol. The van der Waals surface area contributed by atoms with Gasteiger partial charge in [-0.15, -0.1) is 0 Å². The number of carbonyl (C=O) groups is 2. The molecule has 2 amide bonds. The summed E-state index contributed by atoms with van der Waals surface area (Å²) in [4.78, 5) is 36.8. The Bertz CT molecular complexity index is 842. The van der Waals surface area contributed by atoms with Crippen molar-refractivity contribution in [1.82, 2.24) is 19.6 Å². The van der Waals surface area contributed by atoms with Gasteiger partial charge in [-0.1, -0.05) is 41.5 Å². The van der Waals surface area contributed by atoms with Gasteiger partial charge >= 0.3 is 0 Å². The Morgan fingerprint density at radius 1 is 0.920 bits per heavy atom. The molecule has 0 aliphatic rings. The molecule has 2 aromatic heterocycles. The zero-order chi connectivity index (χ0) is 19.2. The lowest BCUT2D eigenvalue weighted by atomic mass is 9.96. The number of nitrogens with two attached hydrogens (primary N) is 2. The third-order valence-corrected chi connectivity index (χ3v) is 3.36. The van der Waals surface area contributed by atoms with Crippen LogP contribution in [0.1, 0.15) is 41.5 Å². The predicted octanol–water partition coefficient (Wildman–Crippen LogP) is 1.09. The van der Waals surface area contributed by atoms with E-state index in [9.17, 15) is 9.59 Å². The smallest absolute Gasteiger partial charge is 0.244 e. The maximum absolute atomic E-state index is 12.3. The summed E-state index contributed by atoms with van der Waals surface area (Å²) >= 11 is 0. The molecule has 0 saturated carbocycles. The number of nitrogen functional groups attached to an aromatic ring is 2. The molecule has 0 aromatic carbocycles. The molecule has 25 heavy (non-hydrogen) atoms. The molecule has 0 fully saturated rings. The molecule has 6 N–H and O–H groups in total. The molecular formula is C15H24N8O2. The number of fused-ring (bicyclic) bond motifs is 1. The van der Waals surface area contributed by atoms with Crippen LogP contribution in [0.25, 0.3) is 11.2 Å². The highest BCUT2D eigenvalue weighted by Gasteiger charge is 2.27. The normalized spacial score (nSPS) is 12.2. The molecule has 0 spiro atoms. The first-order chi connectivity index (χ1) is 11.3. The van der Waals surface area contributed by atoms with E-state index in [0.29, 0.717) is 0 Å². The Labute approximate surface area is 145 Å². The molecule has 0 bridgehead atoms. The third kappa shape index (κ3) is 3.78. The molecule has 10 nitrogen and oxygen atoms in total. The summed E-state index contributed by atoms with van der Waals surface area (Å²) in [5, 5.41) is 2.69. The van der Waals surface area contributed by atoms with Gasteiger partial charge in [-0.3, -0.25) is 15.0 Å². The quantitative estimate of drug-likeness (QED) is 0.633. The molecule has 2 aromatic rings. The first kappa shape index (κ1) is 18.4. The number of aromatic nitrogens is 4. The minimum atomic E-state index is -0.660. The van der Waals surface area contributed by atoms with Gasteiger partial charge in [-0.2, -0.15) is 15.0 Å². The summed E-state index contributed by atoms with van der Waals surface area (Å²) in [6, 6.07) is 0. The van der Waals surface area contributed by atoms with Gasteiger partial charge in [-0.25, -0.2) is 4.68 Å². The van der Waals surface area contributed by atoms with E-state index in [-0.39, 0.29) is 40.7 Å². The number of nitrogens with one attached hydrogen (secondary N) is 2. The lowest BCUT2D eigenvalue weighted by Crippen LogP contribution is -2.34. The second-order valence-electron chi connectivity index (χ2n) is 7.80. The Kier molecular flexibility index (Phi) is 4.32. The van der Waals surface area contributed by atoms with Crippen molar-refractivity contribution in [3.8, 4) is 0 Å². The Balaban J connectivity index is 2.58. The standard InChI is InChI=1S/C15H24N8O2/c1-14(2,3)10(24)18-8-7-9(20-12(16)19-8)21-13(17)23(7)22-11(25)15(4,5)6/h1-6H3,(H,22,25)(H5,16,17,18,19,20,21,24). The maximum atomic E-state index is 12.3. The van der Waals surface area contributed by atoms with Crippen molar-refractivity contribution in [2.45, 2.75) is 41.5 Å². The first-order valence-electron chi connectivity index (χ1n) is 7.75. The fourth-order valence-electron chi connectivity index (χ4n) is 1.78. The van der Waals surface area contributed by atoms with Gasteiger partial charge in [0.05, 0.1) is 0 Å². The summed E-state index contributed by atoms with van der Waals surface area (Å²) in [6.45, 7) is 10.6. The van der Waals surface area contributed by atoms with Crippen LogP contribution in [-0.2, 0) is 9.59 Å². The molecule has 0 atom stereocenters. The van der Waals surface area contributed by atoms with Crippen molar-refractivity contribution in [2.75, 3.05) is 22.2 Å². The van der Waals surface area contributed by atoms with E-state index in [2.05, 4.69) is 25.7 Å². The van der Waals surface area contributed by atoms with Crippen molar-refractivity contribution < 1.29 is 9.59 Å². The van der Waals surface area contributed by atoms with Gasteiger partial charge in [0, 0.05) is 10.8 Å². The van der Waals surface area contributed by atoms with E-state index in [1.165, 1.54) is 4.68 Å². The largest absolute Gasteiger partial charge is 0.368 e. The van der Waals surface area contributed by atoms with Crippen LogP contribution in [-0.4, -0.2) is 31.4 Å². The number of anilines is 3. The first-order valence-corrected chi connectivity index (χ1v) is 7.75. The van der Waals surface area contributed by atoms with Crippen molar-refractivity contribution in [3.63, 3.8) is 0 Å². The van der Waals surface area contributed by atoms with Gasteiger partial charge < -0.3 is 16.8 Å². The summed E-state index contributed by atoms with van der Waals surface area (Å²) in [5.74, 6) is -0.508. The highest BCUT2D eigenvalue weighted by molar-refractivity contribution is 6.01. The van der Waals surface area contributed by atoms with Crippen LogP contribution in [0.4, 0.5) is 17.7 Å². The van der Waals surface area contributed by atoms with Crippen LogP contribution in [0.2, 0.25) is 0 Å². The predicted molar refractivity (Wildman–Crippen MR) is 96.1 cm³/mol. The van der Waals surface area contributed by atoms with Crippen LogP contribution in [0.3, 0.4) is 0 Å². The molecule has 0 saturated heterocycles. The van der Waals surface area contributed by atoms with Crippen LogP contribution < -0.4 is 22.2 Å². The number of carbonyl (C=O) groups excluding carboxylic acids is 2. The van der Waals surface area contributed by atoms with Crippen molar-refractivity contribution in [3.05, 3.63) is 0 Å². The second kappa shape index (κ2) is 5.87. The fraction of sp³-hybridized carbons (Fsp3) is 0.533. The van der Waals surface area contributed by atoms with E-state index >= 15 is 0 Å². The van der Waals surface area contributed by atoms with E-state index in [0.717, 1.165) is 0 Å². The average Bonchev–Trinajstić information content (AvgIpc) is 2.72. The molecule has 2 rings (SSSR count). The average molecular weight is 348 g/mol. The maximum Gasteiger partial charge on any atom is 0.244 e. The van der Waals surface area contributed by atoms with Gasteiger partial charge in [0.2, 0.25) is 23.7 Å². The van der Waals surface area contributed by atoms with Gasteiger partial charge in [0.1, 0.15) is 0 Å². The molecule has 0 radical (unpaired) electrons. The summed E-state index contributed by atoms with van der Waals surface area (Å²) in [6.07, 6.45) is 0. The monoisotopic (exact) mass is 348 g/mol. The van der Waals surface area contributed by atoms with E-state index in [4.69, 9.17) is 11.5 Å². The Hall–Kier alpha value is -2.91. The topological polar surface area (TPSA) is 154 Å². The minimum absolute atomic E-state index is 0.00115. The van der Waals surface area contributed by atoms with Gasteiger partial charge in [0.15, 0.2) is 17.0 Å². The summed E-state index contributed by atoms with van der Waals surface area (Å²) < 4.78 is 1.25. The highest BCUT2D eigenvalue weighted by Crippen LogP contribution is 2.26. The number of hydrogen-bond acceptors (Lipinski definition) is 7. The van der Waals surface area contributed by atoms with Crippen LogP contribution >= 0.6 is 0 Å². The molecule has 0 aliphatic heterocycles. The highest BCUT2D eigenvalue weighted by atomic mass is 16.2. The molecule has 0 aliphatic carbocycles. The SMILES string of the molecule is CC(C)(C)C(=O)Nc1nc(N)nc2nc(N)n(NC(=O)C(C)(C)C)c12. The zero-order valence-corrected chi connectivity index (χ0v) is 15.3. The number of imidazole rings is 1. The molecule has 10 heteroatoms. The lowest BCUT2D eigenvalue weighted by Gasteiger charge is -2.20. The number of hydrogen-bond donors (Lipinski definition) is 4. The molecule has 2 heterocycles. The summed E-state index contributed by atoms with van der Waals surface area (Å²) in [7, 11) is 0. The van der Waals surface area contributed by atoms with E-state index in [1.54, 1.807) is 41.5 Å². The van der Waals surface area contributed by atoms with Crippen molar-refractivity contribution in [1.29, 1.82) is 0 Å². The number of amides is 2.